The highest BCUT2D eigenvalue weighted by Crippen LogP contribution is 2.17. The highest BCUT2D eigenvalue weighted by Gasteiger charge is 2.15. The van der Waals surface area contributed by atoms with E-state index in [9.17, 15) is 4.79 Å². The zero-order valence-corrected chi connectivity index (χ0v) is 13.4. The summed E-state index contributed by atoms with van der Waals surface area (Å²) in [6, 6.07) is 10.2. The van der Waals surface area contributed by atoms with E-state index in [2.05, 4.69) is 18.1 Å². The number of hydrogen-bond acceptors (Lipinski definition) is 3. The molecule has 5 heteroatoms. The molecular weight excluding hydrogens is 278 g/mol. The average molecular weight is 301 g/mol. The van der Waals surface area contributed by atoms with Crippen LogP contribution in [0.5, 0.6) is 0 Å². The Labute approximate surface area is 131 Å². The fourth-order valence-electron chi connectivity index (χ4n) is 2.41. The maximum atomic E-state index is 11.4. The lowest BCUT2D eigenvalue weighted by Gasteiger charge is -2.25. The number of rotatable bonds is 8. The summed E-state index contributed by atoms with van der Waals surface area (Å²) in [5.41, 5.74) is 3.18. The van der Waals surface area contributed by atoms with Crippen molar-refractivity contribution >= 4 is 6.41 Å². The monoisotopic (exact) mass is 301 g/mol. The van der Waals surface area contributed by atoms with Crippen LogP contribution in [0, 0.1) is 6.92 Å². The molecule has 0 N–H and O–H groups in total. The first-order valence-electron chi connectivity index (χ1n) is 7.46. The van der Waals surface area contributed by atoms with E-state index in [1.165, 1.54) is 0 Å². The molecular formula is C17H23N3O2. The first-order chi connectivity index (χ1) is 10.7. The lowest BCUT2D eigenvalue weighted by molar-refractivity contribution is -0.120. The molecule has 1 heterocycles. The molecule has 0 spiro atoms. The van der Waals surface area contributed by atoms with Gasteiger partial charge in [-0.3, -0.25) is 4.79 Å². The Hall–Kier alpha value is -2.14. The lowest BCUT2D eigenvalue weighted by Crippen LogP contribution is -2.33. The van der Waals surface area contributed by atoms with E-state index in [0.717, 1.165) is 29.8 Å². The fraction of sp³-hybridized carbons (Fsp3) is 0.412. The van der Waals surface area contributed by atoms with Crippen molar-refractivity contribution in [3.63, 3.8) is 0 Å². The molecule has 1 aromatic heterocycles. The molecule has 1 unspecified atom stereocenters. The molecule has 22 heavy (non-hydrogen) atoms. The third kappa shape index (κ3) is 3.74. The third-order valence-electron chi connectivity index (χ3n) is 3.85. The molecule has 0 aliphatic carbocycles. The van der Waals surface area contributed by atoms with Crippen LogP contribution in [-0.4, -0.2) is 40.8 Å². The van der Waals surface area contributed by atoms with Crippen LogP contribution in [0.4, 0.5) is 0 Å². The smallest absolute Gasteiger partial charge is 0.210 e. The Morgan fingerprint density at radius 1 is 1.36 bits per heavy atom. The van der Waals surface area contributed by atoms with Gasteiger partial charge in [-0.1, -0.05) is 18.2 Å². The van der Waals surface area contributed by atoms with Crippen molar-refractivity contribution in [3.8, 4) is 5.69 Å². The number of aromatic nitrogens is 2. The molecule has 0 fully saturated rings. The van der Waals surface area contributed by atoms with Crippen LogP contribution in [0.3, 0.4) is 0 Å². The van der Waals surface area contributed by atoms with Gasteiger partial charge in [0.15, 0.2) is 0 Å². The number of hydrogen-bond donors (Lipinski definition) is 0. The topological polar surface area (TPSA) is 47.4 Å². The Morgan fingerprint density at radius 2 is 2.14 bits per heavy atom. The van der Waals surface area contributed by atoms with Gasteiger partial charge in [-0.2, -0.15) is 5.10 Å². The molecule has 0 aliphatic heterocycles. The van der Waals surface area contributed by atoms with Crippen LogP contribution in [0.2, 0.25) is 0 Å². The van der Waals surface area contributed by atoms with Crippen molar-refractivity contribution < 1.29 is 9.53 Å². The van der Waals surface area contributed by atoms with Crippen LogP contribution in [0.1, 0.15) is 24.6 Å². The van der Waals surface area contributed by atoms with Crippen LogP contribution >= 0.6 is 0 Å². The number of benzene rings is 1. The molecule has 0 saturated heterocycles. The third-order valence-corrected chi connectivity index (χ3v) is 3.85. The van der Waals surface area contributed by atoms with E-state index in [1.54, 1.807) is 18.2 Å². The minimum absolute atomic E-state index is 0.123. The van der Waals surface area contributed by atoms with E-state index >= 15 is 0 Å². The summed E-state index contributed by atoms with van der Waals surface area (Å²) in [5, 5.41) is 4.41. The summed E-state index contributed by atoms with van der Waals surface area (Å²) in [6.45, 7) is 5.26. The highest BCUT2D eigenvalue weighted by atomic mass is 16.5. The van der Waals surface area contributed by atoms with Crippen LogP contribution < -0.4 is 0 Å². The summed E-state index contributed by atoms with van der Waals surface area (Å²) in [5.74, 6) is 0. The summed E-state index contributed by atoms with van der Waals surface area (Å²) < 4.78 is 6.99. The minimum atomic E-state index is 0.123. The molecule has 0 radical (unpaired) electrons. The quantitative estimate of drug-likeness (QED) is 0.704. The van der Waals surface area contributed by atoms with Gasteiger partial charge in [-0.25, -0.2) is 4.68 Å². The normalized spacial score (nSPS) is 12.1. The molecule has 1 amide bonds. The number of carbonyl (C=O) groups excluding carboxylic acids is 1. The standard InChI is InChI=1S/C17H23N3O2/c1-14-6-4-5-7-17(14)20-16(8-10-18-20)12-19(13-21)15(2)9-11-22-3/h4-8,10,13,15H,9,11-12H2,1-3H3. The number of nitrogens with zero attached hydrogens (tertiary/aromatic N) is 3. The fourth-order valence-corrected chi connectivity index (χ4v) is 2.41. The number of methoxy groups -OCH3 is 1. The molecule has 2 aromatic rings. The van der Waals surface area contributed by atoms with Crippen LogP contribution in [0.25, 0.3) is 5.69 Å². The van der Waals surface area contributed by atoms with Crippen molar-refractivity contribution in [1.29, 1.82) is 0 Å². The van der Waals surface area contributed by atoms with E-state index in [-0.39, 0.29) is 6.04 Å². The molecule has 2 rings (SSSR count). The van der Waals surface area contributed by atoms with Crippen molar-refractivity contribution in [2.45, 2.75) is 32.9 Å². The van der Waals surface area contributed by atoms with Crippen molar-refractivity contribution in [3.05, 3.63) is 47.8 Å². The van der Waals surface area contributed by atoms with Gasteiger partial charge in [0, 0.05) is 26.0 Å². The van der Waals surface area contributed by atoms with E-state index in [4.69, 9.17) is 4.74 Å². The second-order valence-corrected chi connectivity index (χ2v) is 5.43. The average Bonchev–Trinajstić information content (AvgIpc) is 2.98. The summed E-state index contributed by atoms with van der Waals surface area (Å²) in [4.78, 5) is 13.2. The van der Waals surface area contributed by atoms with Crippen LogP contribution in [-0.2, 0) is 16.1 Å². The highest BCUT2D eigenvalue weighted by molar-refractivity contribution is 5.48. The number of amides is 1. The Balaban J connectivity index is 2.18. The molecule has 0 aliphatic rings. The minimum Gasteiger partial charge on any atom is -0.385 e. The van der Waals surface area contributed by atoms with Gasteiger partial charge in [-0.15, -0.1) is 0 Å². The van der Waals surface area contributed by atoms with E-state index in [0.29, 0.717) is 13.2 Å². The molecule has 0 bridgehead atoms. The number of para-hydroxylation sites is 1. The van der Waals surface area contributed by atoms with Crippen molar-refractivity contribution in [2.75, 3.05) is 13.7 Å². The van der Waals surface area contributed by atoms with Gasteiger partial charge in [0.25, 0.3) is 0 Å². The van der Waals surface area contributed by atoms with Gasteiger partial charge in [0.2, 0.25) is 6.41 Å². The Kier molecular flexibility index (Phi) is 5.72. The maximum absolute atomic E-state index is 11.4. The van der Waals surface area contributed by atoms with Gasteiger partial charge in [0.1, 0.15) is 0 Å². The molecule has 1 aromatic carbocycles. The number of carbonyl (C=O) groups is 1. The second-order valence-electron chi connectivity index (χ2n) is 5.43. The van der Waals surface area contributed by atoms with Gasteiger partial charge < -0.3 is 9.64 Å². The van der Waals surface area contributed by atoms with Crippen molar-refractivity contribution in [2.24, 2.45) is 0 Å². The van der Waals surface area contributed by atoms with Gasteiger partial charge >= 0.3 is 0 Å². The summed E-state index contributed by atoms with van der Waals surface area (Å²) >= 11 is 0. The largest absolute Gasteiger partial charge is 0.385 e. The zero-order chi connectivity index (χ0) is 15.9. The first kappa shape index (κ1) is 16.2. The van der Waals surface area contributed by atoms with Crippen molar-refractivity contribution in [1.82, 2.24) is 14.7 Å². The first-order valence-corrected chi connectivity index (χ1v) is 7.46. The van der Waals surface area contributed by atoms with Crippen LogP contribution in [0.15, 0.2) is 36.5 Å². The molecule has 118 valence electrons. The SMILES string of the molecule is COCCC(C)N(C=O)Cc1ccnn1-c1ccccc1C. The molecule has 5 nitrogen and oxygen atoms in total. The Bertz CT molecular complexity index is 609. The van der Waals surface area contributed by atoms with Gasteiger partial charge in [-0.05, 0) is 38.0 Å². The van der Waals surface area contributed by atoms with E-state index in [1.807, 2.05) is 35.9 Å². The molecule has 1 atom stereocenters. The lowest BCUT2D eigenvalue weighted by atomic mass is 10.2. The Morgan fingerprint density at radius 3 is 2.82 bits per heavy atom. The van der Waals surface area contributed by atoms with Gasteiger partial charge in [0.05, 0.1) is 17.9 Å². The predicted molar refractivity (Wildman–Crippen MR) is 85.9 cm³/mol. The summed E-state index contributed by atoms with van der Waals surface area (Å²) in [6.07, 6.45) is 3.48. The maximum Gasteiger partial charge on any atom is 0.210 e. The molecule has 0 saturated carbocycles. The number of ether oxygens (including phenoxy) is 1. The number of aryl methyl sites for hydroxylation is 1. The summed E-state index contributed by atoms with van der Waals surface area (Å²) in [7, 11) is 1.67. The van der Waals surface area contributed by atoms with E-state index < -0.39 is 0 Å². The second kappa shape index (κ2) is 7.75. The zero-order valence-electron chi connectivity index (χ0n) is 13.4. The predicted octanol–water partition coefficient (Wildman–Crippen LogP) is 2.56.